The zero-order chi connectivity index (χ0) is 7.82. The average Bonchev–Trinajstić information content (AvgIpc) is 1.98. The molecule has 0 aliphatic carbocycles. The molecule has 0 aromatic rings. The summed E-state index contributed by atoms with van der Waals surface area (Å²) in [7, 11) is 1.29. The summed E-state index contributed by atoms with van der Waals surface area (Å²) in [5.74, 6) is 1.77. The number of esters is 1. The molecule has 0 saturated carbocycles. The molecule has 3 nitrogen and oxygen atoms in total. The van der Waals surface area contributed by atoms with Gasteiger partial charge in [-0.25, -0.2) is 4.79 Å². The quantitative estimate of drug-likeness (QED) is 0.186. The summed E-state index contributed by atoms with van der Waals surface area (Å²) in [5.41, 5.74) is 0. The van der Waals surface area contributed by atoms with Crippen LogP contribution in [0.3, 0.4) is 0 Å². The Hall–Kier alpha value is -1.43. The molecule has 0 aromatic carbocycles. The van der Waals surface area contributed by atoms with Gasteiger partial charge in [0.25, 0.3) is 0 Å². The fraction of sp³-hybridized carbons (Fsp3) is 0.286. The van der Waals surface area contributed by atoms with Crippen molar-refractivity contribution in [2.24, 2.45) is 0 Å². The van der Waals surface area contributed by atoms with E-state index in [1.807, 2.05) is 0 Å². The van der Waals surface area contributed by atoms with Crippen molar-refractivity contribution in [3.63, 3.8) is 0 Å². The third kappa shape index (κ3) is 4.72. The lowest BCUT2D eigenvalue weighted by Gasteiger charge is -1.90. The minimum atomic E-state index is -0.461. The second-order valence-electron chi connectivity index (χ2n) is 1.34. The van der Waals surface area contributed by atoms with Crippen LogP contribution in [0.1, 0.15) is 0 Å². The maximum atomic E-state index is 10.3. The van der Waals surface area contributed by atoms with Crippen LogP contribution in [-0.2, 0) is 14.3 Å². The van der Waals surface area contributed by atoms with E-state index in [9.17, 15) is 4.79 Å². The molecule has 0 fully saturated rings. The van der Waals surface area contributed by atoms with Crippen LogP contribution in [0, 0.1) is 12.3 Å². The Bertz CT molecular complexity index is 164. The number of carbonyl (C=O) groups excluding carboxylic acids is 1. The van der Waals surface area contributed by atoms with Gasteiger partial charge in [-0.1, -0.05) is 5.92 Å². The van der Waals surface area contributed by atoms with Gasteiger partial charge in [0.05, 0.1) is 19.4 Å². The van der Waals surface area contributed by atoms with Crippen molar-refractivity contribution in [2.75, 3.05) is 13.7 Å². The Morgan fingerprint density at radius 3 is 3.00 bits per heavy atom. The molecule has 0 aliphatic rings. The van der Waals surface area contributed by atoms with E-state index in [0.717, 1.165) is 6.08 Å². The molecule has 0 saturated heterocycles. The smallest absolute Gasteiger partial charge is 0.333 e. The Morgan fingerprint density at radius 2 is 2.50 bits per heavy atom. The first-order valence-corrected chi connectivity index (χ1v) is 2.61. The molecule has 3 heteroatoms. The van der Waals surface area contributed by atoms with Crippen LogP contribution in [0.4, 0.5) is 0 Å². The highest BCUT2D eigenvalue weighted by atomic mass is 16.5. The van der Waals surface area contributed by atoms with Crippen molar-refractivity contribution in [2.45, 2.75) is 0 Å². The number of hydrogen-bond acceptors (Lipinski definition) is 3. The Morgan fingerprint density at radius 1 is 1.80 bits per heavy atom. The minimum absolute atomic E-state index is 0.160. The molecule has 54 valence electrons. The van der Waals surface area contributed by atoms with E-state index in [2.05, 4.69) is 15.4 Å². The summed E-state index contributed by atoms with van der Waals surface area (Å²) in [4.78, 5) is 10.3. The average molecular weight is 140 g/mol. The van der Waals surface area contributed by atoms with Gasteiger partial charge in [0.2, 0.25) is 0 Å². The lowest BCUT2D eigenvalue weighted by atomic mass is 10.6. The van der Waals surface area contributed by atoms with Crippen LogP contribution >= 0.6 is 0 Å². The number of rotatable bonds is 3. The maximum Gasteiger partial charge on any atom is 0.333 e. The molecule has 0 aromatic heterocycles. The van der Waals surface area contributed by atoms with Gasteiger partial charge in [0, 0.05) is 0 Å². The van der Waals surface area contributed by atoms with Gasteiger partial charge in [0.1, 0.15) is 6.61 Å². The van der Waals surface area contributed by atoms with Crippen LogP contribution in [0.2, 0.25) is 0 Å². The molecule has 0 rings (SSSR count). The first-order chi connectivity index (χ1) is 4.81. The van der Waals surface area contributed by atoms with E-state index in [4.69, 9.17) is 6.42 Å². The molecule has 0 amide bonds. The molecule has 0 radical (unpaired) electrons. The molecule has 0 bridgehead atoms. The predicted molar refractivity (Wildman–Crippen MR) is 35.9 cm³/mol. The van der Waals surface area contributed by atoms with Crippen molar-refractivity contribution in [3.8, 4) is 12.3 Å². The summed E-state index contributed by atoms with van der Waals surface area (Å²) in [6.07, 6.45) is 7.20. The number of hydrogen-bond donors (Lipinski definition) is 0. The second kappa shape index (κ2) is 5.70. The summed E-state index contributed by atoms with van der Waals surface area (Å²) >= 11 is 0. The molecule has 0 atom stereocenters. The standard InChI is InChI=1S/C7H8O3/c1-3-5-10-6-4-7(8)9-2/h1,4,6H,5H2,2H3/b6-4+. The third-order valence-electron chi connectivity index (χ3n) is 0.668. The number of methoxy groups -OCH3 is 1. The SMILES string of the molecule is C#CCO/C=C/C(=O)OC. The lowest BCUT2D eigenvalue weighted by molar-refractivity contribution is -0.134. The van der Waals surface area contributed by atoms with Gasteiger partial charge >= 0.3 is 5.97 Å². The molecule has 0 N–H and O–H groups in total. The van der Waals surface area contributed by atoms with Crippen LogP contribution in [0.5, 0.6) is 0 Å². The van der Waals surface area contributed by atoms with E-state index in [-0.39, 0.29) is 6.61 Å². The number of carbonyl (C=O) groups is 1. The van der Waals surface area contributed by atoms with Crippen molar-refractivity contribution in [1.29, 1.82) is 0 Å². The lowest BCUT2D eigenvalue weighted by Crippen LogP contribution is -1.94. The Labute approximate surface area is 59.6 Å². The molecule has 0 spiro atoms. The first-order valence-electron chi connectivity index (χ1n) is 2.61. The van der Waals surface area contributed by atoms with Gasteiger partial charge in [0.15, 0.2) is 0 Å². The third-order valence-corrected chi connectivity index (χ3v) is 0.668. The topological polar surface area (TPSA) is 35.5 Å². The second-order valence-corrected chi connectivity index (χ2v) is 1.34. The summed E-state index contributed by atoms with van der Waals surface area (Å²) in [6, 6.07) is 0. The van der Waals surface area contributed by atoms with Crippen molar-refractivity contribution < 1.29 is 14.3 Å². The van der Waals surface area contributed by atoms with E-state index in [0.29, 0.717) is 0 Å². The summed E-state index contributed by atoms with van der Waals surface area (Å²) < 4.78 is 8.91. The molecule has 0 unspecified atom stereocenters. The molecular weight excluding hydrogens is 132 g/mol. The van der Waals surface area contributed by atoms with Crippen molar-refractivity contribution >= 4 is 5.97 Å². The van der Waals surface area contributed by atoms with Gasteiger partial charge in [-0.2, -0.15) is 0 Å². The van der Waals surface area contributed by atoms with Gasteiger partial charge < -0.3 is 9.47 Å². The van der Waals surface area contributed by atoms with E-state index in [1.165, 1.54) is 13.4 Å². The number of terminal acetylenes is 1. The summed E-state index contributed by atoms with van der Waals surface area (Å²) in [5, 5.41) is 0. The largest absolute Gasteiger partial charge is 0.488 e. The first kappa shape index (κ1) is 8.57. The van der Waals surface area contributed by atoms with Gasteiger partial charge in [-0.3, -0.25) is 0 Å². The van der Waals surface area contributed by atoms with Crippen LogP contribution in [0.15, 0.2) is 12.3 Å². The highest BCUT2D eigenvalue weighted by molar-refractivity contribution is 5.81. The van der Waals surface area contributed by atoms with E-state index in [1.54, 1.807) is 0 Å². The highest BCUT2D eigenvalue weighted by Gasteiger charge is 1.87. The maximum absolute atomic E-state index is 10.3. The Balaban J connectivity index is 3.38. The zero-order valence-corrected chi connectivity index (χ0v) is 5.66. The Kier molecular flexibility index (Phi) is 4.89. The highest BCUT2D eigenvalue weighted by Crippen LogP contribution is 1.79. The van der Waals surface area contributed by atoms with Crippen LogP contribution < -0.4 is 0 Å². The zero-order valence-electron chi connectivity index (χ0n) is 5.66. The monoisotopic (exact) mass is 140 g/mol. The van der Waals surface area contributed by atoms with Crippen LogP contribution in [-0.4, -0.2) is 19.7 Å². The molecule has 0 aliphatic heterocycles. The predicted octanol–water partition coefficient (Wildman–Crippen LogP) is 0.323. The van der Waals surface area contributed by atoms with Crippen LogP contribution in [0.25, 0.3) is 0 Å². The van der Waals surface area contributed by atoms with Gasteiger partial charge in [-0.15, -0.1) is 6.42 Å². The van der Waals surface area contributed by atoms with Crippen molar-refractivity contribution in [3.05, 3.63) is 12.3 Å². The fourth-order valence-electron chi connectivity index (χ4n) is 0.268. The van der Waals surface area contributed by atoms with E-state index < -0.39 is 5.97 Å². The summed E-state index contributed by atoms with van der Waals surface area (Å²) in [6.45, 7) is 0.160. The van der Waals surface area contributed by atoms with Gasteiger partial charge in [-0.05, 0) is 0 Å². The van der Waals surface area contributed by atoms with E-state index >= 15 is 0 Å². The minimum Gasteiger partial charge on any atom is -0.488 e. The number of ether oxygens (including phenoxy) is 2. The molecular formula is C7H8O3. The molecule has 10 heavy (non-hydrogen) atoms. The van der Waals surface area contributed by atoms with Crippen molar-refractivity contribution in [1.82, 2.24) is 0 Å². The molecule has 0 heterocycles. The normalized spacial score (nSPS) is 8.80. The fourth-order valence-corrected chi connectivity index (χ4v) is 0.268.